The van der Waals surface area contributed by atoms with Crippen LogP contribution < -0.4 is 4.57 Å². The summed E-state index contributed by atoms with van der Waals surface area (Å²) >= 11 is 0. The molecule has 0 N–H and O–H groups in total. The lowest BCUT2D eigenvalue weighted by atomic mass is 9.87. The molecule has 222 valence electrons. The zero-order valence-electron chi connectivity index (χ0n) is 25.0. The molecule has 0 bridgehead atoms. The first-order valence-corrected chi connectivity index (χ1v) is 14.4. The van der Waals surface area contributed by atoms with Crippen LogP contribution in [0.4, 0.5) is 0 Å². The summed E-state index contributed by atoms with van der Waals surface area (Å²) in [5.74, 6) is -2.66. The number of carbonyl (C=O) groups is 3. The minimum atomic E-state index is -0.744. The summed E-state index contributed by atoms with van der Waals surface area (Å²) in [6, 6.07) is 32.3. The lowest BCUT2D eigenvalue weighted by Gasteiger charge is -2.18. The Morgan fingerprint density at radius 3 is 2.11 bits per heavy atom. The maximum atomic E-state index is 13.9. The molecule has 1 aliphatic carbocycles. The Bertz CT molecular complexity index is 2030. The molecule has 0 amide bonds. The lowest BCUT2D eigenvalue weighted by molar-refractivity contribution is -0.550. The van der Waals surface area contributed by atoms with Gasteiger partial charge < -0.3 is 14.2 Å². The van der Waals surface area contributed by atoms with Crippen molar-refractivity contribution in [2.45, 2.75) is 5.92 Å². The maximum absolute atomic E-state index is 13.9. The van der Waals surface area contributed by atoms with Gasteiger partial charge in [-0.1, -0.05) is 91.0 Å². The second-order valence-corrected chi connectivity index (χ2v) is 10.4. The molecule has 1 atom stereocenters. The SMILES string of the molecule is COC(=O)/C(=C(/C(=O)OC)[n+]1ccc(/C=C/c2ccccc2)c2ccccc21)C1c2ccccc2-c2c(C(=O)OC)cccc21. The number of aromatic nitrogens is 1. The van der Waals surface area contributed by atoms with Crippen LogP contribution in [0.25, 0.3) is 39.9 Å². The number of para-hydroxylation sites is 1. The zero-order valence-corrected chi connectivity index (χ0v) is 25.0. The molecule has 0 fully saturated rings. The molecular formula is C38H30NO6+. The molecule has 0 aliphatic heterocycles. The fraction of sp³-hybridized carbons (Fsp3) is 0.105. The third-order valence-corrected chi connectivity index (χ3v) is 8.06. The van der Waals surface area contributed by atoms with Gasteiger partial charge in [0.05, 0.1) is 32.3 Å². The van der Waals surface area contributed by atoms with Crippen molar-refractivity contribution in [3.8, 4) is 11.1 Å². The van der Waals surface area contributed by atoms with E-state index in [0.717, 1.165) is 27.6 Å². The molecule has 7 nitrogen and oxygen atoms in total. The van der Waals surface area contributed by atoms with Gasteiger partial charge in [0.2, 0.25) is 5.52 Å². The van der Waals surface area contributed by atoms with Crippen molar-refractivity contribution in [1.82, 2.24) is 0 Å². The van der Waals surface area contributed by atoms with Crippen LogP contribution in [0.15, 0.2) is 115 Å². The number of hydrogen-bond donors (Lipinski definition) is 0. The number of nitrogens with zero attached hydrogens (tertiary/aromatic N) is 1. The highest BCUT2D eigenvalue weighted by atomic mass is 16.5. The van der Waals surface area contributed by atoms with Crippen molar-refractivity contribution >= 4 is 46.7 Å². The number of esters is 3. The highest BCUT2D eigenvalue weighted by Gasteiger charge is 2.44. The molecule has 6 rings (SSSR count). The number of methoxy groups -OCH3 is 3. The topological polar surface area (TPSA) is 82.8 Å². The van der Waals surface area contributed by atoms with Gasteiger partial charge in [0.1, 0.15) is 5.57 Å². The highest BCUT2D eigenvalue weighted by Crippen LogP contribution is 2.50. The largest absolute Gasteiger partial charge is 0.465 e. The molecule has 5 aromatic rings. The fourth-order valence-electron chi connectivity index (χ4n) is 6.09. The fourth-order valence-corrected chi connectivity index (χ4v) is 6.09. The smallest absolute Gasteiger partial charge is 0.404 e. The van der Waals surface area contributed by atoms with Crippen molar-refractivity contribution < 1.29 is 33.2 Å². The summed E-state index contributed by atoms with van der Waals surface area (Å²) in [7, 11) is 3.89. The van der Waals surface area contributed by atoms with Gasteiger partial charge >= 0.3 is 23.6 Å². The summed E-state index contributed by atoms with van der Waals surface area (Å²) in [6.45, 7) is 0. The van der Waals surface area contributed by atoms with E-state index in [2.05, 4.69) is 0 Å². The van der Waals surface area contributed by atoms with E-state index < -0.39 is 23.8 Å². The molecule has 1 heterocycles. The van der Waals surface area contributed by atoms with E-state index in [1.165, 1.54) is 21.3 Å². The third kappa shape index (κ3) is 5.18. The van der Waals surface area contributed by atoms with E-state index in [-0.39, 0.29) is 11.3 Å². The van der Waals surface area contributed by atoms with Gasteiger partial charge in [-0.25, -0.2) is 14.4 Å². The molecule has 1 aromatic heterocycles. The maximum Gasteiger partial charge on any atom is 0.404 e. The minimum Gasteiger partial charge on any atom is -0.465 e. The first kappa shape index (κ1) is 29.3. The average Bonchev–Trinajstić information content (AvgIpc) is 3.43. The molecule has 1 unspecified atom stereocenters. The van der Waals surface area contributed by atoms with Crippen LogP contribution in [-0.2, 0) is 23.8 Å². The Morgan fingerprint density at radius 2 is 1.36 bits per heavy atom. The normalized spacial score (nSPS) is 14.0. The number of hydrogen-bond acceptors (Lipinski definition) is 6. The third-order valence-electron chi connectivity index (χ3n) is 8.06. The summed E-state index contributed by atoms with van der Waals surface area (Å²) in [6.07, 6.45) is 5.80. The summed E-state index contributed by atoms with van der Waals surface area (Å²) in [5, 5.41) is 0.859. The Morgan fingerprint density at radius 1 is 0.667 bits per heavy atom. The van der Waals surface area contributed by atoms with Gasteiger partial charge in [0.25, 0.3) is 0 Å². The quantitative estimate of drug-likeness (QED) is 0.0929. The van der Waals surface area contributed by atoms with Crippen LogP contribution in [0.5, 0.6) is 0 Å². The van der Waals surface area contributed by atoms with Gasteiger partial charge in [-0.05, 0) is 39.9 Å². The van der Waals surface area contributed by atoms with Crippen molar-refractivity contribution in [3.63, 3.8) is 0 Å². The summed E-state index contributed by atoms with van der Waals surface area (Å²) < 4.78 is 17.5. The van der Waals surface area contributed by atoms with Crippen molar-refractivity contribution in [3.05, 3.63) is 143 Å². The van der Waals surface area contributed by atoms with E-state index in [9.17, 15) is 14.4 Å². The lowest BCUT2D eigenvalue weighted by Crippen LogP contribution is -2.40. The predicted octanol–water partition coefficient (Wildman–Crippen LogP) is 6.45. The van der Waals surface area contributed by atoms with E-state index in [4.69, 9.17) is 14.2 Å². The van der Waals surface area contributed by atoms with Crippen LogP contribution in [-0.4, -0.2) is 39.2 Å². The number of rotatable bonds is 7. The van der Waals surface area contributed by atoms with Crippen molar-refractivity contribution in [2.75, 3.05) is 21.3 Å². The van der Waals surface area contributed by atoms with E-state index in [1.54, 1.807) is 22.9 Å². The van der Waals surface area contributed by atoms with E-state index in [1.807, 2.05) is 103 Å². The molecule has 1 aliphatic rings. The van der Waals surface area contributed by atoms with Crippen LogP contribution >= 0.6 is 0 Å². The average molecular weight is 597 g/mol. The molecule has 0 radical (unpaired) electrons. The summed E-state index contributed by atoms with van der Waals surface area (Å²) in [5.41, 5.74) is 5.94. The van der Waals surface area contributed by atoms with Crippen LogP contribution in [0.2, 0.25) is 0 Å². The zero-order chi connectivity index (χ0) is 31.5. The number of fused-ring (bicyclic) bond motifs is 4. The van der Waals surface area contributed by atoms with E-state index in [0.29, 0.717) is 22.2 Å². The predicted molar refractivity (Wildman–Crippen MR) is 172 cm³/mol. The molecule has 0 saturated heterocycles. The Labute approximate surface area is 260 Å². The molecule has 7 heteroatoms. The second kappa shape index (κ2) is 12.4. The summed E-state index contributed by atoms with van der Waals surface area (Å²) in [4.78, 5) is 40.6. The second-order valence-electron chi connectivity index (χ2n) is 10.4. The van der Waals surface area contributed by atoms with Crippen molar-refractivity contribution in [2.24, 2.45) is 0 Å². The molecule has 0 saturated carbocycles. The molecule has 4 aromatic carbocycles. The monoisotopic (exact) mass is 596 g/mol. The number of pyridine rings is 1. The number of ether oxygens (including phenoxy) is 3. The van der Waals surface area contributed by atoms with Gasteiger partial charge in [0.15, 0.2) is 6.20 Å². The van der Waals surface area contributed by atoms with Gasteiger partial charge in [0, 0.05) is 23.6 Å². The van der Waals surface area contributed by atoms with Crippen LogP contribution in [0, 0.1) is 0 Å². The molecular weight excluding hydrogens is 566 g/mol. The van der Waals surface area contributed by atoms with Gasteiger partial charge in [-0.3, -0.25) is 0 Å². The Balaban J connectivity index is 1.65. The Hall–Kier alpha value is -5.82. The number of carbonyl (C=O) groups excluding carboxylic acids is 3. The first-order chi connectivity index (χ1) is 22.0. The van der Waals surface area contributed by atoms with Crippen molar-refractivity contribution in [1.29, 1.82) is 0 Å². The Kier molecular flexibility index (Phi) is 8.08. The van der Waals surface area contributed by atoms with Gasteiger partial charge in [-0.15, -0.1) is 0 Å². The van der Waals surface area contributed by atoms with Crippen LogP contribution in [0.1, 0.15) is 38.5 Å². The minimum absolute atomic E-state index is 0.00950. The van der Waals surface area contributed by atoms with Gasteiger partial charge in [-0.2, -0.15) is 4.57 Å². The first-order valence-electron chi connectivity index (χ1n) is 14.4. The highest BCUT2D eigenvalue weighted by molar-refractivity contribution is 6.16. The molecule has 0 spiro atoms. The van der Waals surface area contributed by atoms with Crippen LogP contribution in [0.3, 0.4) is 0 Å². The number of benzene rings is 4. The standard InChI is InChI=1S/C38H30NO6/c1-43-36(40)30-18-11-17-29-32(30)27-15-7-8-16-28(27)33(29)34(37(41)44-2)35(38(42)45-3)39-23-22-25(26-14-9-10-19-31(26)39)21-20-24-12-5-4-6-13-24/h4-23,33H,1-3H3/q+1/b21-20+,35-34-. The van der Waals surface area contributed by atoms with E-state index >= 15 is 0 Å². The molecule has 45 heavy (non-hydrogen) atoms.